The first-order valence-corrected chi connectivity index (χ1v) is 6.88. The molecule has 0 saturated carbocycles. The molecule has 0 aliphatic rings. The van der Waals surface area contributed by atoms with Crippen LogP contribution in [-0.4, -0.2) is 19.1 Å². The third-order valence-electron chi connectivity index (χ3n) is 2.55. The Morgan fingerprint density at radius 3 is 2.90 bits per heavy atom. The molecule has 0 fully saturated rings. The highest BCUT2D eigenvalue weighted by atomic mass is 79.9. The standard InChI is InChI=1S/C14H19BrN2O2.ClH/c1-3-6-19-7-4-5-13(18)17-12-9-11(15)8-10(2)14(12)16;/h3,8-9H,1,4-7,16H2,2H3,(H,17,18);1H. The lowest BCUT2D eigenvalue weighted by Gasteiger charge is -2.11. The van der Waals surface area contributed by atoms with E-state index in [1.54, 1.807) is 12.1 Å². The van der Waals surface area contributed by atoms with Crippen molar-refractivity contribution in [3.05, 3.63) is 34.8 Å². The van der Waals surface area contributed by atoms with Gasteiger partial charge in [-0.15, -0.1) is 19.0 Å². The van der Waals surface area contributed by atoms with Crippen molar-refractivity contribution in [2.24, 2.45) is 0 Å². The van der Waals surface area contributed by atoms with Crippen molar-refractivity contribution in [3.8, 4) is 0 Å². The zero-order chi connectivity index (χ0) is 14.3. The number of nitrogens with one attached hydrogen (secondary N) is 1. The molecular weight excluding hydrogens is 344 g/mol. The van der Waals surface area contributed by atoms with E-state index in [-0.39, 0.29) is 18.3 Å². The molecule has 0 spiro atoms. The summed E-state index contributed by atoms with van der Waals surface area (Å²) in [5.74, 6) is -0.0635. The van der Waals surface area contributed by atoms with Crippen molar-refractivity contribution < 1.29 is 9.53 Å². The first-order chi connectivity index (χ1) is 9.04. The number of hydrogen-bond donors (Lipinski definition) is 2. The molecule has 0 aliphatic carbocycles. The smallest absolute Gasteiger partial charge is 0.224 e. The number of hydrogen-bond acceptors (Lipinski definition) is 3. The van der Waals surface area contributed by atoms with Crippen LogP contribution in [0.25, 0.3) is 0 Å². The molecule has 0 unspecified atom stereocenters. The zero-order valence-electron chi connectivity index (χ0n) is 11.4. The molecule has 0 heterocycles. The van der Waals surface area contributed by atoms with Crippen LogP contribution in [0.4, 0.5) is 11.4 Å². The fourth-order valence-corrected chi connectivity index (χ4v) is 2.14. The number of ether oxygens (including phenoxy) is 1. The number of aryl methyl sites for hydroxylation is 1. The highest BCUT2D eigenvalue weighted by Crippen LogP contribution is 2.27. The summed E-state index contributed by atoms with van der Waals surface area (Å²) in [6.45, 7) is 6.52. The Hall–Kier alpha value is -1.04. The number of nitrogen functional groups attached to an aromatic ring is 1. The molecule has 1 aromatic rings. The van der Waals surface area contributed by atoms with E-state index in [1.165, 1.54) is 0 Å². The van der Waals surface area contributed by atoms with Gasteiger partial charge < -0.3 is 15.8 Å². The summed E-state index contributed by atoms with van der Waals surface area (Å²) in [5, 5.41) is 2.81. The number of halogens is 2. The van der Waals surface area contributed by atoms with Crippen LogP contribution < -0.4 is 11.1 Å². The lowest BCUT2D eigenvalue weighted by Crippen LogP contribution is -2.14. The number of carbonyl (C=O) groups excluding carboxylic acids is 1. The summed E-state index contributed by atoms with van der Waals surface area (Å²) < 4.78 is 6.11. The highest BCUT2D eigenvalue weighted by Gasteiger charge is 2.08. The predicted molar refractivity (Wildman–Crippen MR) is 89.4 cm³/mol. The van der Waals surface area contributed by atoms with E-state index < -0.39 is 0 Å². The number of anilines is 2. The normalized spacial score (nSPS) is 9.70. The van der Waals surface area contributed by atoms with Crippen molar-refractivity contribution >= 4 is 45.6 Å². The molecule has 112 valence electrons. The number of benzene rings is 1. The highest BCUT2D eigenvalue weighted by molar-refractivity contribution is 9.10. The molecule has 0 aromatic heterocycles. The van der Waals surface area contributed by atoms with Gasteiger partial charge in [0, 0.05) is 17.5 Å². The minimum atomic E-state index is -0.0635. The predicted octanol–water partition coefficient (Wildman–Crippen LogP) is 3.68. The first kappa shape index (κ1) is 19.0. The second-order valence-corrected chi connectivity index (χ2v) is 5.11. The Morgan fingerprint density at radius 2 is 2.25 bits per heavy atom. The minimum Gasteiger partial charge on any atom is -0.397 e. The number of nitrogens with two attached hydrogens (primary N) is 1. The first-order valence-electron chi connectivity index (χ1n) is 6.08. The summed E-state index contributed by atoms with van der Waals surface area (Å²) in [7, 11) is 0. The molecular formula is C14H20BrClN2O2. The van der Waals surface area contributed by atoms with Crippen LogP contribution >= 0.6 is 28.3 Å². The molecule has 0 radical (unpaired) electrons. The minimum absolute atomic E-state index is 0. The fraction of sp³-hybridized carbons (Fsp3) is 0.357. The maximum atomic E-state index is 11.8. The Balaban J connectivity index is 0.00000361. The third kappa shape index (κ3) is 6.41. The van der Waals surface area contributed by atoms with Crippen molar-refractivity contribution in [3.63, 3.8) is 0 Å². The van der Waals surface area contributed by atoms with Gasteiger partial charge in [-0.1, -0.05) is 22.0 Å². The lowest BCUT2D eigenvalue weighted by atomic mass is 10.1. The van der Waals surface area contributed by atoms with E-state index >= 15 is 0 Å². The van der Waals surface area contributed by atoms with Gasteiger partial charge in [0.25, 0.3) is 0 Å². The second kappa shape index (κ2) is 9.80. The van der Waals surface area contributed by atoms with Crippen molar-refractivity contribution in [1.29, 1.82) is 0 Å². The van der Waals surface area contributed by atoms with E-state index in [0.29, 0.717) is 37.4 Å². The van der Waals surface area contributed by atoms with Gasteiger partial charge >= 0.3 is 0 Å². The Labute approximate surface area is 134 Å². The van der Waals surface area contributed by atoms with Gasteiger partial charge in [0.15, 0.2) is 0 Å². The summed E-state index contributed by atoms with van der Waals surface area (Å²) in [6, 6.07) is 3.71. The fourth-order valence-electron chi connectivity index (χ4n) is 1.57. The van der Waals surface area contributed by atoms with E-state index in [1.807, 2.05) is 13.0 Å². The average molecular weight is 364 g/mol. The zero-order valence-corrected chi connectivity index (χ0v) is 13.9. The van der Waals surface area contributed by atoms with E-state index in [9.17, 15) is 4.79 Å². The van der Waals surface area contributed by atoms with Gasteiger partial charge in [-0.3, -0.25) is 4.79 Å². The molecule has 20 heavy (non-hydrogen) atoms. The summed E-state index contributed by atoms with van der Waals surface area (Å²) in [4.78, 5) is 11.8. The van der Waals surface area contributed by atoms with E-state index in [0.717, 1.165) is 10.0 Å². The van der Waals surface area contributed by atoms with Crippen molar-refractivity contribution in [2.75, 3.05) is 24.3 Å². The molecule has 6 heteroatoms. The van der Waals surface area contributed by atoms with Gasteiger partial charge in [-0.25, -0.2) is 0 Å². The van der Waals surface area contributed by atoms with Gasteiger partial charge in [-0.05, 0) is 31.0 Å². The van der Waals surface area contributed by atoms with Crippen LogP contribution in [0.3, 0.4) is 0 Å². The molecule has 0 saturated heterocycles. The maximum absolute atomic E-state index is 11.8. The lowest BCUT2D eigenvalue weighted by molar-refractivity contribution is -0.116. The van der Waals surface area contributed by atoms with Crippen LogP contribution in [0.15, 0.2) is 29.3 Å². The summed E-state index contributed by atoms with van der Waals surface area (Å²) >= 11 is 3.38. The Morgan fingerprint density at radius 1 is 1.55 bits per heavy atom. The van der Waals surface area contributed by atoms with Gasteiger partial charge in [0.1, 0.15) is 0 Å². The largest absolute Gasteiger partial charge is 0.397 e. The molecule has 3 N–H and O–H groups in total. The molecule has 0 bridgehead atoms. The summed E-state index contributed by atoms with van der Waals surface area (Å²) in [6.07, 6.45) is 2.76. The molecule has 4 nitrogen and oxygen atoms in total. The quantitative estimate of drug-likeness (QED) is 0.441. The van der Waals surface area contributed by atoms with Crippen LogP contribution in [0.1, 0.15) is 18.4 Å². The van der Waals surface area contributed by atoms with E-state index in [4.69, 9.17) is 10.5 Å². The topological polar surface area (TPSA) is 64.3 Å². The molecule has 0 atom stereocenters. The van der Waals surface area contributed by atoms with Crippen LogP contribution in [-0.2, 0) is 9.53 Å². The number of amides is 1. The van der Waals surface area contributed by atoms with Crippen LogP contribution in [0, 0.1) is 6.92 Å². The van der Waals surface area contributed by atoms with Crippen molar-refractivity contribution in [1.82, 2.24) is 0 Å². The SMILES string of the molecule is C=CCOCCCC(=O)Nc1cc(Br)cc(C)c1N.Cl. The van der Waals surface area contributed by atoms with E-state index in [2.05, 4.69) is 27.8 Å². The summed E-state index contributed by atoms with van der Waals surface area (Å²) in [5.41, 5.74) is 8.09. The van der Waals surface area contributed by atoms with Crippen LogP contribution in [0.2, 0.25) is 0 Å². The molecule has 1 amide bonds. The van der Waals surface area contributed by atoms with Crippen molar-refractivity contribution in [2.45, 2.75) is 19.8 Å². The number of carbonyl (C=O) groups is 1. The molecule has 1 rings (SSSR count). The Bertz CT molecular complexity index is 467. The van der Waals surface area contributed by atoms with Crippen LogP contribution in [0.5, 0.6) is 0 Å². The Kier molecular flexibility index (Phi) is 9.29. The average Bonchev–Trinajstić information content (AvgIpc) is 2.35. The monoisotopic (exact) mass is 362 g/mol. The number of rotatable bonds is 7. The van der Waals surface area contributed by atoms with Gasteiger partial charge in [0.05, 0.1) is 18.0 Å². The second-order valence-electron chi connectivity index (χ2n) is 4.20. The van der Waals surface area contributed by atoms with Gasteiger partial charge in [0.2, 0.25) is 5.91 Å². The van der Waals surface area contributed by atoms with Gasteiger partial charge in [-0.2, -0.15) is 0 Å². The third-order valence-corrected chi connectivity index (χ3v) is 3.01. The molecule has 0 aliphatic heterocycles. The maximum Gasteiger partial charge on any atom is 0.224 e. The molecule has 1 aromatic carbocycles.